The molecule has 2 aromatic rings. The molecular formula is C18H23ClN6O. The quantitative estimate of drug-likeness (QED) is 0.858. The first-order chi connectivity index (χ1) is 12.5. The van der Waals surface area contributed by atoms with Crippen LogP contribution < -0.4 is 15.5 Å². The summed E-state index contributed by atoms with van der Waals surface area (Å²) in [5.41, 5.74) is 0.636. The van der Waals surface area contributed by atoms with Crippen LogP contribution in [0.1, 0.15) is 12.8 Å². The number of para-hydroxylation sites is 1. The molecule has 0 unspecified atom stereocenters. The lowest BCUT2D eigenvalue weighted by atomic mass is 10.1. The van der Waals surface area contributed by atoms with Gasteiger partial charge >= 0.3 is 6.03 Å². The Kier molecular flexibility index (Phi) is 5.78. The molecule has 2 N–H and O–H groups in total. The van der Waals surface area contributed by atoms with Crippen molar-refractivity contribution >= 4 is 35.0 Å². The molecule has 3 rings (SSSR count). The summed E-state index contributed by atoms with van der Waals surface area (Å²) >= 11 is 6.10. The highest BCUT2D eigenvalue weighted by molar-refractivity contribution is 6.33. The van der Waals surface area contributed by atoms with Crippen LogP contribution in [-0.2, 0) is 0 Å². The van der Waals surface area contributed by atoms with Gasteiger partial charge < -0.3 is 20.4 Å². The van der Waals surface area contributed by atoms with Crippen LogP contribution in [0.3, 0.4) is 0 Å². The highest BCUT2D eigenvalue weighted by Crippen LogP contribution is 2.22. The van der Waals surface area contributed by atoms with Gasteiger partial charge in [0.05, 0.1) is 10.7 Å². The molecule has 0 radical (unpaired) electrons. The van der Waals surface area contributed by atoms with E-state index in [1.807, 2.05) is 42.1 Å². The van der Waals surface area contributed by atoms with E-state index in [2.05, 4.69) is 20.6 Å². The molecule has 2 amide bonds. The Morgan fingerprint density at radius 3 is 2.65 bits per heavy atom. The van der Waals surface area contributed by atoms with Crippen molar-refractivity contribution in [2.24, 2.45) is 0 Å². The molecule has 8 heteroatoms. The van der Waals surface area contributed by atoms with Gasteiger partial charge in [-0.1, -0.05) is 23.7 Å². The number of likely N-dealkylation sites (tertiary alicyclic amines) is 1. The number of carbonyl (C=O) groups excluding carboxylic acids is 1. The van der Waals surface area contributed by atoms with Gasteiger partial charge in [-0.2, -0.15) is 0 Å². The summed E-state index contributed by atoms with van der Waals surface area (Å²) in [6.07, 6.45) is 3.28. The fourth-order valence-electron chi connectivity index (χ4n) is 2.86. The summed E-state index contributed by atoms with van der Waals surface area (Å²) in [7, 11) is 3.89. The maximum absolute atomic E-state index is 12.4. The number of amides is 2. The van der Waals surface area contributed by atoms with E-state index in [4.69, 9.17) is 11.6 Å². The van der Waals surface area contributed by atoms with E-state index in [0.717, 1.165) is 24.5 Å². The van der Waals surface area contributed by atoms with Gasteiger partial charge in [-0.25, -0.2) is 14.8 Å². The van der Waals surface area contributed by atoms with Gasteiger partial charge in [0, 0.05) is 39.3 Å². The van der Waals surface area contributed by atoms with Gasteiger partial charge in [-0.3, -0.25) is 0 Å². The normalized spacial score (nSPS) is 14.8. The van der Waals surface area contributed by atoms with Crippen molar-refractivity contribution in [1.82, 2.24) is 14.9 Å². The molecule has 0 saturated carbocycles. The SMILES string of the molecule is CN(C)c1cc(NC2CCN(C(=O)Nc3ccccc3Cl)CC2)ncn1. The number of nitrogens with one attached hydrogen (secondary N) is 2. The average Bonchev–Trinajstić information content (AvgIpc) is 2.64. The van der Waals surface area contributed by atoms with Gasteiger partial charge in [0.15, 0.2) is 0 Å². The standard InChI is InChI=1S/C18H23ClN6O/c1-24(2)17-11-16(20-12-21-17)22-13-7-9-25(10-8-13)18(26)23-15-6-4-3-5-14(15)19/h3-6,11-13H,7-10H2,1-2H3,(H,23,26)(H,20,21,22). The maximum atomic E-state index is 12.4. The number of anilines is 3. The van der Waals surface area contributed by atoms with Gasteiger partial charge in [0.25, 0.3) is 0 Å². The second kappa shape index (κ2) is 8.23. The van der Waals surface area contributed by atoms with Crippen molar-refractivity contribution in [2.45, 2.75) is 18.9 Å². The number of hydrogen-bond donors (Lipinski definition) is 2. The Balaban J connectivity index is 1.52. The molecule has 1 saturated heterocycles. The molecular weight excluding hydrogens is 352 g/mol. The Morgan fingerprint density at radius 2 is 1.96 bits per heavy atom. The van der Waals surface area contributed by atoms with Crippen LogP contribution in [0.2, 0.25) is 5.02 Å². The third-order valence-electron chi connectivity index (χ3n) is 4.36. The zero-order valence-electron chi connectivity index (χ0n) is 14.9. The van der Waals surface area contributed by atoms with Crippen molar-refractivity contribution in [1.29, 1.82) is 0 Å². The number of halogens is 1. The van der Waals surface area contributed by atoms with Crippen LogP contribution in [0.25, 0.3) is 0 Å². The average molecular weight is 375 g/mol. The van der Waals surface area contributed by atoms with Crippen LogP contribution in [0, 0.1) is 0 Å². The fraction of sp³-hybridized carbons (Fsp3) is 0.389. The smallest absolute Gasteiger partial charge is 0.321 e. The van der Waals surface area contributed by atoms with Crippen molar-refractivity contribution < 1.29 is 4.79 Å². The van der Waals surface area contributed by atoms with E-state index in [1.54, 1.807) is 18.5 Å². The summed E-state index contributed by atoms with van der Waals surface area (Å²) in [5.74, 6) is 1.67. The molecule has 1 aliphatic rings. The highest BCUT2D eigenvalue weighted by Gasteiger charge is 2.23. The van der Waals surface area contributed by atoms with E-state index in [1.165, 1.54) is 0 Å². The number of hydrogen-bond acceptors (Lipinski definition) is 5. The Hall–Kier alpha value is -2.54. The Labute approximate surface area is 158 Å². The summed E-state index contributed by atoms with van der Waals surface area (Å²) in [6, 6.07) is 9.34. The van der Waals surface area contributed by atoms with Crippen LogP contribution in [-0.4, -0.2) is 54.1 Å². The minimum atomic E-state index is -0.117. The largest absolute Gasteiger partial charge is 0.367 e. The third-order valence-corrected chi connectivity index (χ3v) is 4.69. The second-order valence-electron chi connectivity index (χ2n) is 6.47. The van der Waals surface area contributed by atoms with Gasteiger partial charge in [-0.15, -0.1) is 0 Å². The Morgan fingerprint density at radius 1 is 1.23 bits per heavy atom. The number of aromatic nitrogens is 2. The van der Waals surface area contributed by atoms with Crippen LogP contribution in [0.4, 0.5) is 22.1 Å². The zero-order valence-corrected chi connectivity index (χ0v) is 15.7. The topological polar surface area (TPSA) is 73.4 Å². The molecule has 0 bridgehead atoms. The predicted molar refractivity (Wildman–Crippen MR) is 105 cm³/mol. The summed E-state index contributed by atoms with van der Waals surface area (Å²) in [5, 5.41) is 6.85. The first-order valence-corrected chi connectivity index (χ1v) is 8.97. The maximum Gasteiger partial charge on any atom is 0.321 e. The zero-order chi connectivity index (χ0) is 18.5. The molecule has 7 nitrogen and oxygen atoms in total. The molecule has 26 heavy (non-hydrogen) atoms. The van der Waals surface area contributed by atoms with Crippen molar-refractivity contribution in [2.75, 3.05) is 42.7 Å². The molecule has 2 heterocycles. The summed E-state index contributed by atoms with van der Waals surface area (Å²) < 4.78 is 0. The van der Waals surface area contributed by atoms with E-state index < -0.39 is 0 Å². The minimum Gasteiger partial charge on any atom is -0.367 e. The van der Waals surface area contributed by atoms with Crippen molar-refractivity contribution in [3.63, 3.8) is 0 Å². The highest BCUT2D eigenvalue weighted by atomic mass is 35.5. The lowest BCUT2D eigenvalue weighted by Crippen LogP contribution is -2.44. The first kappa shape index (κ1) is 18.3. The van der Waals surface area contributed by atoms with Gasteiger partial charge in [0.2, 0.25) is 0 Å². The Bertz CT molecular complexity index is 761. The lowest BCUT2D eigenvalue weighted by Gasteiger charge is -2.32. The first-order valence-electron chi connectivity index (χ1n) is 8.59. The predicted octanol–water partition coefficient (Wildman–Crippen LogP) is 3.30. The monoisotopic (exact) mass is 374 g/mol. The molecule has 1 aromatic heterocycles. The van der Waals surface area contributed by atoms with Crippen LogP contribution >= 0.6 is 11.6 Å². The molecule has 138 valence electrons. The summed E-state index contributed by atoms with van der Waals surface area (Å²) in [6.45, 7) is 1.36. The molecule has 1 aliphatic heterocycles. The van der Waals surface area contributed by atoms with Crippen LogP contribution in [0.5, 0.6) is 0 Å². The third kappa shape index (κ3) is 4.54. The number of carbonyl (C=O) groups is 1. The van der Waals surface area contributed by atoms with E-state index in [-0.39, 0.29) is 12.1 Å². The van der Waals surface area contributed by atoms with Crippen molar-refractivity contribution in [3.05, 3.63) is 41.7 Å². The number of piperidine rings is 1. The molecule has 0 spiro atoms. The molecule has 0 aliphatic carbocycles. The number of nitrogens with zero attached hydrogens (tertiary/aromatic N) is 4. The lowest BCUT2D eigenvalue weighted by molar-refractivity contribution is 0.197. The van der Waals surface area contributed by atoms with Crippen molar-refractivity contribution in [3.8, 4) is 0 Å². The molecule has 1 aromatic carbocycles. The fourth-order valence-corrected chi connectivity index (χ4v) is 3.05. The van der Waals surface area contributed by atoms with Crippen LogP contribution in [0.15, 0.2) is 36.7 Å². The molecule has 0 atom stereocenters. The number of benzene rings is 1. The number of urea groups is 1. The summed E-state index contributed by atoms with van der Waals surface area (Å²) in [4.78, 5) is 24.7. The van der Waals surface area contributed by atoms with Gasteiger partial charge in [-0.05, 0) is 25.0 Å². The second-order valence-corrected chi connectivity index (χ2v) is 6.88. The molecule has 1 fully saturated rings. The number of rotatable bonds is 4. The van der Waals surface area contributed by atoms with E-state index >= 15 is 0 Å². The minimum absolute atomic E-state index is 0.117. The van der Waals surface area contributed by atoms with E-state index in [9.17, 15) is 4.79 Å². The van der Waals surface area contributed by atoms with E-state index in [0.29, 0.717) is 23.8 Å². The van der Waals surface area contributed by atoms with Gasteiger partial charge in [0.1, 0.15) is 18.0 Å².